The molecule has 0 saturated heterocycles. The summed E-state index contributed by atoms with van der Waals surface area (Å²) >= 11 is 0. The zero-order valence-electron chi connectivity index (χ0n) is 25.6. The van der Waals surface area contributed by atoms with Crippen LogP contribution in [0.1, 0.15) is 44.3 Å². The lowest BCUT2D eigenvalue weighted by molar-refractivity contribution is -0.137. The minimum absolute atomic E-state index is 0.179. The van der Waals surface area contributed by atoms with E-state index < -0.39 is 41.4 Å². The average molecular weight is 645 g/mol. The summed E-state index contributed by atoms with van der Waals surface area (Å²) in [6.45, 7) is 8.41. The van der Waals surface area contributed by atoms with Crippen LogP contribution in [0.5, 0.6) is 0 Å². The van der Waals surface area contributed by atoms with E-state index in [-0.39, 0.29) is 16.8 Å². The van der Waals surface area contributed by atoms with Crippen molar-refractivity contribution in [2.24, 2.45) is 0 Å². The highest BCUT2D eigenvalue weighted by Crippen LogP contribution is 2.30. The van der Waals surface area contributed by atoms with Crippen molar-refractivity contribution in [3.05, 3.63) is 119 Å². The van der Waals surface area contributed by atoms with Crippen LogP contribution < -0.4 is 26.6 Å². The third-order valence-electron chi connectivity index (χ3n) is 6.86. The van der Waals surface area contributed by atoms with Crippen molar-refractivity contribution in [3.8, 4) is 0 Å². The third kappa shape index (κ3) is 9.03. The van der Waals surface area contributed by atoms with E-state index in [0.717, 1.165) is 24.3 Å². The first-order chi connectivity index (χ1) is 22.2. The van der Waals surface area contributed by atoms with Gasteiger partial charge >= 0.3 is 6.18 Å². The van der Waals surface area contributed by atoms with Gasteiger partial charge in [0, 0.05) is 28.2 Å². The van der Waals surface area contributed by atoms with Crippen LogP contribution in [0.4, 0.5) is 41.7 Å². The zero-order valence-corrected chi connectivity index (χ0v) is 25.6. The molecule has 5 N–H and O–H groups in total. The van der Waals surface area contributed by atoms with E-state index in [2.05, 4.69) is 38.1 Å². The van der Waals surface area contributed by atoms with Gasteiger partial charge in [-0.1, -0.05) is 24.8 Å². The van der Waals surface area contributed by atoms with Gasteiger partial charge in [-0.25, -0.2) is 4.98 Å². The van der Waals surface area contributed by atoms with E-state index in [1.807, 2.05) is 0 Å². The Morgan fingerprint density at radius 2 is 1.47 bits per heavy atom. The molecule has 0 unspecified atom stereocenters. The van der Waals surface area contributed by atoms with E-state index in [0.29, 0.717) is 34.0 Å². The molecule has 0 spiro atoms. The molecule has 0 aliphatic heterocycles. The predicted molar refractivity (Wildman–Crippen MR) is 174 cm³/mol. The van der Waals surface area contributed by atoms with E-state index in [9.17, 15) is 32.3 Å². The highest BCUT2D eigenvalue weighted by molar-refractivity contribution is 6.08. The van der Waals surface area contributed by atoms with Crippen molar-refractivity contribution in [1.82, 2.24) is 10.3 Å². The third-order valence-corrected chi connectivity index (χ3v) is 6.86. The molecule has 1 atom stereocenters. The first-order valence-electron chi connectivity index (χ1n) is 14.2. The number of halogens is 3. The number of aryl methyl sites for hydroxylation is 2. The summed E-state index contributed by atoms with van der Waals surface area (Å²) in [6, 6.07) is 16.5. The molecule has 0 aliphatic rings. The van der Waals surface area contributed by atoms with Crippen molar-refractivity contribution < 1.29 is 32.3 Å². The maximum atomic E-state index is 13.2. The first-order valence-corrected chi connectivity index (χ1v) is 14.2. The number of anilines is 5. The van der Waals surface area contributed by atoms with Crippen LogP contribution >= 0.6 is 0 Å². The van der Waals surface area contributed by atoms with Crippen LogP contribution in [0.3, 0.4) is 0 Å². The highest BCUT2D eigenvalue weighted by atomic mass is 19.4. The summed E-state index contributed by atoms with van der Waals surface area (Å²) in [5.74, 6) is -1.62. The molecule has 0 aliphatic carbocycles. The molecular formula is C34H31F3N6O4. The lowest BCUT2D eigenvalue weighted by Crippen LogP contribution is -2.40. The van der Waals surface area contributed by atoms with Gasteiger partial charge < -0.3 is 26.6 Å². The van der Waals surface area contributed by atoms with Gasteiger partial charge in [0.25, 0.3) is 11.8 Å². The fraction of sp³-hybridized carbons (Fsp3) is 0.147. The summed E-state index contributed by atoms with van der Waals surface area (Å²) in [5.41, 5.74) is 2.15. The molecule has 13 heteroatoms. The van der Waals surface area contributed by atoms with Crippen LogP contribution in [0.2, 0.25) is 0 Å². The second kappa shape index (κ2) is 14.4. The van der Waals surface area contributed by atoms with Gasteiger partial charge in [0.2, 0.25) is 11.8 Å². The molecule has 0 saturated carbocycles. The van der Waals surface area contributed by atoms with Crippen LogP contribution in [-0.4, -0.2) is 34.7 Å². The molecule has 4 rings (SSSR count). The predicted octanol–water partition coefficient (Wildman–Crippen LogP) is 6.59. The minimum Gasteiger partial charge on any atom is -0.341 e. The van der Waals surface area contributed by atoms with Crippen molar-refractivity contribution >= 4 is 52.2 Å². The highest BCUT2D eigenvalue weighted by Gasteiger charge is 2.31. The van der Waals surface area contributed by atoms with Gasteiger partial charge in [-0.15, -0.1) is 0 Å². The van der Waals surface area contributed by atoms with Crippen molar-refractivity contribution in [2.75, 3.05) is 21.3 Å². The van der Waals surface area contributed by atoms with Gasteiger partial charge in [-0.2, -0.15) is 13.2 Å². The van der Waals surface area contributed by atoms with Gasteiger partial charge in [0.05, 0.1) is 17.4 Å². The molecule has 1 heterocycles. The monoisotopic (exact) mass is 644 g/mol. The van der Waals surface area contributed by atoms with Gasteiger partial charge in [-0.3, -0.25) is 19.2 Å². The fourth-order valence-corrected chi connectivity index (χ4v) is 4.36. The van der Waals surface area contributed by atoms with Crippen molar-refractivity contribution in [1.29, 1.82) is 0 Å². The molecule has 47 heavy (non-hydrogen) atoms. The Hall–Kier alpha value is -5.98. The summed E-state index contributed by atoms with van der Waals surface area (Å²) in [5, 5.41) is 13.7. The molecule has 10 nitrogen and oxygen atoms in total. The summed E-state index contributed by atoms with van der Waals surface area (Å²) in [7, 11) is 0. The number of carbonyl (C=O) groups excluding carboxylic acids is 4. The molecule has 0 fully saturated rings. The molecule has 242 valence electrons. The first kappa shape index (κ1) is 33.9. The Kier molecular flexibility index (Phi) is 10.4. The molecule has 1 aromatic heterocycles. The Balaban J connectivity index is 1.41. The Bertz CT molecular complexity index is 1860. The lowest BCUT2D eigenvalue weighted by atomic mass is 10.1. The van der Waals surface area contributed by atoms with Crippen LogP contribution in [0, 0.1) is 13.8 Å². The second-order valence-electron chi connectivity index (χ2n) is 10.5. The Morgan fingerprint density at radius 1 is 0.787 bits per heavy atom. The number of pyridine rings is 1. The molecule has 4 aromatic rings. The largest absolute Gasteiger partial charge is 0.416 e. The maximum absolute atomic E-state index is 13.2. The van der Waals surface area contributed by atoms with E-state index in [1.54, 1.807) is 63.2 Å². The number of hydrogen-bond donors (Lipinski definition) is 5. The molecule has 0 bridgehead atoms. The van der Waals surface area contributed by atoms with E-state index >= 15 is 0 Å². The number of hydrogen-bond acceptors (Lipinski definition) is 6. The van der Waals surface area contributed by atoms with E-state index in [1.165, 1.54) is 18.3 Å². The SMILES string of the molecule is C=CC(=O)N[C@@H](C)C(=O)Nc1cccc(Nc2ncc(NC(=O)c3cc(NC(=O)c4cccc(C(F)(F)F)c4)ccc3C)cc2C)c1. The van der Waals surface area contributed by atoms with Crippen LogP contribution in [0.25, 0.3) is 0 Å². The van der Waals surface area contributed by atoms with Crippen LogP contribution in [-0.2, 0) is 15.8 Å². The Labute approximate surface area is 268 Å². The van der Waals surface area contributed by atoms with Gasteiger partial charge in [-0.05, 0) is 92.6 Å². The molecule has 3 aromatic carbocycles. The molecule has 0 radical (unpaired) electrons. The number of aromatic nitrogens is 1. The normalized spacial score (nSPS) is 11.5. The van der Waals surface area contributed by atoms with E-state index in [4.69, 9.17) is 0 Å². The Morgan fingerprint density at radius 3 is 2.17 bits per heavy atom. The number of amides is 4. The topological polar surface area (TPSA) is 141 Å². The van der Waals surface area contributed by atoms with Crippen molar-refractivity contribution in [2.45, 2.75) is 33.0 Å². The zero-order chi connectivity index (χ0) is 34.3. The number of nitrogens with zero attached hydrogens (tertiary/aromatic N) is 1. The number of benzene rings is 3. The molecular weight excluding hydrogens is 613 g/mol. The van der Waals surface area contributed by atoms with Crippen molar-refractivity contribution in [3.63, 3.8) is 0 Å². The lowest BCUT2D eigenvalue weighted by Gasteiger charge is -2.15. The quantitative estimate of drug-likeness (QED) is 0.123. The average Bonchev–Trinajstić information content (AvgIpc) is 3.03. The number of carbonyl (C=O) groups is 4. The number of alkyl halides is 3. The number of nitrogens with one attached hydrogen (secondary N) is 5. The summed E-state index contributed by atoms with van der Waals surface area (Å²) in [6.07, 6.45) is -2.06. The summed E-state index contributed by atoms with van der Waals surface area (Å²) < 4.78 is 39.2. The smallest absolute Gasteiger partial charge is 0.341 e. The summed E-state index contributed by atoms with van der Waals surface area (Å²) in [4.78, 5) is 54.1. The maximum Gasteiger partial charge on any atom is 0.416 e. The minimum atomic E-state index is -4.59. The number of rotatable bonds is 10. The second-order valence-corrected chi connectivity index (χ2v) is 10.5. The van der Waals surface area contributed by atoms with Gasteiger partial charge in [0.1, 0.15) is 11.9 Å². The standard InChI is InChI=1S/C34H31F3N6O4/c1-5-29(44)39-21(4)31(45)41-25-11-7-10-24(16-25)40-30-20(3)14-27(18-38-30)43-33(47)28-17-26(13-12-19(28)2)42-32(46)22-8-6-9-23(15-22)34(35,36)37/h5-18,21H,1H2,2-4H3,(H,38,40)(H,39,44)(H,41,45)(H,42,46)(H,43,47)/t21-/m0/s1. The van der Waals surface area contributed by atoms with Gasteiger partial charge in [0.15, 0.2) is 0 Å². The molecule has 4 amide bonds. The van der Waals surface area contributed by atoms with Crippen LogP contribution in [0.15, 0.2) is 91.6 Å². The fourth-order valence-electron chi connectivity index (χ4n) is 4.36.